The second-order valence-electron chi connectivity index (χ2n) is 3.71. The molecular weight excluding hydrogens is 194 g/mol. The van der Waals surface area contributed by atoms with Crippen molar-refractivity contribution in [3.05, 3.63) is 0 Å². The number of piperidine rings is 1. The smallest absolute Gasteiger partial charge is 0.221 e. The molecule has 1 saturated heterocycles. The van der Waals surface area contributed by atoms with E-state index in [4.69, 9.17) is 0 Å². The predicted molar refractivity (Wildman–Crippen MR) is 57.3 cm³/mol. The minimum atomic E-state index is 0.0529. The van der Waals surface area contributed by atoms with Gasteiger partial charge in [-0.15, -0.1) is 0 Å². The van der Waals surface area contributed by atoms with Gasteiger partial charge in [0.05, 0.1) is 0 Å². The molecule has 5 nitrogen and oxygen atoms in total. The molecular formula is C10H19N3O2. The summed E-state index contributed by atoms with van der Waals surface area (Å²) in [6.07, 6.45) is 1.76. The molecule has 0 aromatic carbocycles. The van der Waals surface area contributed by atoms with Gasteiger partial charge in [-0.25, -0.2) is 0 Å². The minimum absolute atomic E-state index is 0.0529. The zero-order chi connectivity index (χ0) is 11.1. The van der Waals surface area contributed by atoms with Crippen molar-refractivity contribution in [1.29, 1.82) is 0 Å². The van der Waals surface area contributed by atoms with Crippen LogP contribution in [0, 0.1) is 0 Å². The number of amides is 2. The summed E-state index contributed by atoms with van der Waals surface area (Å²) in [4.78, 5) is 22.3. The Morgan fingerprint density at radius 3 is 3.00 bits per heavy atom. The third kappa shape index (κ3) is 4.78. The third-order valence-electron chi connectivity index (χ3n) is 2.41. The Labute approximate surface area is 90.0 Å². The van der Waals surface area contributed by atoms with E-state index in [9.17, 15) is 9.59 Å². The fourth-order valence-corrected chi connectivity index (χ4v) is 1.53. The molecule has 0 spiro atoms. The lowest BCUT2D eigenvalue weighted by atomic mass is 10.1. The molecule has 1 heterocycles. The zero-order valence-electron chi connectivity index (χ0n) is 9.14. The van der Waals surface area contributed by atoms with Gasteiger partial charge in [0.2, 0.25) is 11.8 Å². The standard InChI is InChI=1S/C10H19N3O2/c1-2-11-6-5-10(15)13-8-3-4-9(14)12-7-8/h8,11H,2-7H2,1H3,(H,12,14)(H,13,15). The summed E-state index contributed by atoms with van der Waals surface area (Å²) in [5.41, 5.74) is 0. The van der Waals surface area contributed by atoms with Crippen LogP contribution in [0.1, 0.15) is 26.2 Å². The normalized spacial score (nSPS) is 20.9. The number of rotatable bonds is 5. The van der Waals surface area contributed by atoms with Gasteiger partial charge in [0.25, 0.3) is 0 Å². The average molecular weight is 213 g/mol. The highest BCUT2D eigenvalue weighted by atomic mass is 16.2. The van der Waals surface area contributed by atoms with Gasteiger partial charge in [-0.3, -0.25) is 9.59 Å². The molecule has 3 N–H and O–H groups in total. The Morgan fingerprint density at radius 2 is 2.40 bits per heavy atom. The number of carbonyl (C=O) groups excluding carboxylic acids is 2. The van der Waals surface area contributed by atoms with Crippen LogP contribution in [-0.2, 0) is 9.59 Å². The first-order valence-corrected chi connectivity index (χ1v) is 5.49. The lowest BCUT2D eigenvalue weighted by Crippen LogP contribution is -2.48. The first-order valence-electron chi connectivity index (χ1n) is 5.49. The summed E-state index contributed by atoms with van der Waals surface area (Å²) in [6, 6.07) is 0.108. The van der Waals surface area contributed by atoms with Gasteiger partial charge in [0.1, 0.15) is 0 Å². The molecule has 5 heteroatoms. The molecule has 1 aliphatic heterocycles. The topological polar surface area (TPSA) is 70.2 Å². The molecule has 86 valence electrons. The Bertz CT molecular complexity index is 221. The summed E-state index contributed by atoms with van der Waals surface area (Å²) in [5.74, 6) is 0.130. The maximum atomic E-state index is 11.4. The lowest BCUT2D eigenvalue weighted by molar-refractivity contribution is -0.125. The summed E-state index contributed by atoms with van der Waals surface area (Å²) in [5, 5.41) is 8.73. The van der Waals surface area contributed by atoms with Gasteiger partial charge >= 0.3 is 0 Å². The molecule has 0 radical (unpaired) electrons. The fraction of sp³-hybridized carbons (Fsp3) is 0.800. The van der Waals surface area contributed by atoms with E-state index in [1.165, 1.54) is 0 Å². The van der Waals surface area contributed by atoms with Crippen LogP contribution >= 0.6 is 0 Å². The van der Waals surface area contributed by atoms with Crippen LogP contribution in [-0.4, -0.2) is 37.5 Å². The zero-order valence-corrected chi connectivity index (χ0v) is 9.14. The largest absolute Gasteiger partial charge is 0.354 e. The summed E-state index contributed by atoms with van der Waals surface area (Å²) >= 11 is 0. The molecule has 0 aromatic heterocycles. The van der Waals surface area contributed by atoms with Gasteiger partial charge in [-0.1, -0.05) is 6.92 Å². The molecule has 0 saturated carbocycles. The quantitative estimate of drug-likeness (QED) is 0.533. The van der Waals surface area contributed by atoms with E-state index in [2.05, 4.69) is 16.0 Å². The second-order valence-corrected chi connectivity index (χ2v) is 3.71. The van der Waals surface area contributed by atoms with E-state index < -0.39 is 0 Å². The van der Waals surface area contributed by atoms with E-state index >= 15 is 0 Å². The minimum Gasteiger partial charge on any atom is -0.354 e. The Kier molecular flexibility index (Phi) is 5.10. The predicted octanol–water partition coefficient (Wildman–Crippen LogP) is -0.619. The summed E-state index contributed by atoms with van der Waals surface area (Å²) in [7, 11) is 0. The first-order chi connectivity index (χ1) is 7.22. The molecule has 1 unspecified atom stereocenters. The number of hydrogen-bond donors (Lipinski definition) is 3. The van der Waals surface area contributed by atoms with Crippen molar-refractivity contribution >= 4 is 11.8 Å². The van der Waals surface area contributed by atoms with Crippen LogP contribution in [0.15, 0.2) is 0 Å². The second kappa shape index (κ2) is 6.40. The van der Waals surface area contributed by atoms with Crippen LogP contribution in [0.4, 0.5) is 0 Å². The highest BCUT2D eigenvalue weighted by Gasteiger charge is 2.18. The molecule has 1 aliphatic rings. The van der Waals surface area contributed by atoms with Crippen molar-refractivity contribution in [2.24, 2.45) is 0 Å². The van der Waals surface area contributed by atoms with Crippen LogP contribution in [0.2, 0.25) is 0 Å². The molecule has 1 rings (SSSR count). The Hall–Kier alpha value is -1.10. The van der Waals surface area contributed by atoms with Gasteiger partial charge < -0.3 is 16.0 Å². The van der Waals surface area contributed by atoms with Crippen molar-refractivity contribution in [1.82, 2.24) is 16.0 Å². The molecule has 1 atom stereocenters. The van der Waals surface area contributed by atoms with Gasteiger partial charge in [-0.05, 0) is 13.0 Å². The maximum Gasteiger partial charge on any atom is 0.221 e. The Morgan fingerprint density at radius 1 is 1.60 bits per heavy atom. The third-order valence-corrected chi connectivity index (χ3v) is 2.41. The van der Waals surface area contributed by atoms with E-state index in [0.29, 0.717) is 25.9 Å². The molecule has 0 aromatic rings. The van der Waals surface area contributed by atoms with Gasteiger partial charge in [0, 0.05) is 32.0 Å². The first kappa shape index (κ1) is 12.0. The number of hydrogen-bond acceptors (Lipinski definition) is 3. The summed E-state index contributed by atoms with van der Waals surface area (Å²) < 4.78 is 0. The molecule has 15 heavy (non-hydrogen) atoms. The Balaban J connectivity index is 2.12. The maximum absolute atomic E-state index is 11.4. The van der Waals surface area contributed by atoms with Crippen LogP contribution in [0.25, 0.3) is 0 Å². The molecule has 0 bridgehead atoms. The van der Waals surface area contributed by atoms with E-state index in [0.717, 1.165) is 13.0 Å². The highest BCUT2D eigenvalue weighted by Crippen LogP contribution is 2.02. The molecule has 1 fully saturated rings. The number of carbonyl (C=O) groups is 2. The van der Waals surface area contributed by atoms with Gasteiger partial charge in [0.15, 0.2) is 0 Å². The average Bonchev–Trinajstić information content (AvgIpc) is 2.22. The van der Waals surface area contributed by atoms with Crippen molar-refractivity contribution in [3.8, 4) is 0 Å². The van der Waals surface area contributed by atoms with Crippen LogP contribution in [0.3, 0.4) is 0 Å². The molecule has 0 aliphatic carbocycles. The lowest BCUT2D eigenvalue weighted by Gasteiger charge is -2.23. The van der Waals surface area contributed by atoms with Crippen LogP contribution < -0.4 is 16.0 Å². The van der Waals surface area contributed by atoms with E-state index in [1.54, 1.807) is 0 Å². The van der Waals surface area contributed by atoms with Crippen molar-refractivity contribution in [2.75, 3.05) is 19.6 Å². The highest BCUT2D eigenvalue weighted by molar-refractivity contribution is 5.79. The van der Waals surface area contributed by atoms with E-state index in [1.807, 2.05) is 6.92 Å². The monoisotopic (exact) mass is 213 g/mol. The van der Waals surface area contributed by atoms with Crippen molar-refractivity contribution in [2.45, 2.75) is 32.2 Å². The van der Waals surface area contributed by atoms with Crippen molar-refractivity contribution in [3.63, 3.8) is 0 Å². The van der Waals surface area contributed by atoms with Gasteiger partial charge in [-0.2, -0.15) is 0 Å². The van der Waals surface area contributed by atoms with Crippen LogP contribution in [0.5, 0.6) is 0 Å². The summed E-state index contributed by atoms with van der Waals surface area (Å²) in [6.45, 7) is 4.16. The van der Waals surface area contributed by atoms with E-state index in [-0.39, 0.29) is 17.9 Å². The fourth-order valence-electron chi connectivity index (χ4n) is 1.53. The van der Waals surface area contributed by atoms with Crippen molar-refractivity contribution < 1.29 is 9.59 Å². The SMILES string of the molecule is CCNCCC(=O)NC1CCC(=O)NC1. The number of nitrogens with one attached hydrogen (secondary N) is 3. The molecule has 2 amide bonds.